The van der Waals surface area contributed by atoms with Crippen LogP contribution in [-0.2, 0) is 10.0 Å². The van der Waals surface area contributed by atoms with Gasteiger partial charge in [-0.1, -0.05) is 12.1 Å². The van der Waals surface area contributed by atoms with Crippen LogP contribution in [0, 0.1) is 0 Å². The van der Waals surface area contributed by atoms with Crippen molar-refractivity contribution in [1.82, 2.24) is 4.98 Å². The Morgan fingerprint density at radius 3 is 2.30 bits per heavy atom. The molecule has 0 aliphatic carbocycles. The molecule has 0 aliphatic rings. The molecule has 0 fully saturated rings. The molecule has 0 unspecified atom stereocenters. The molecule has 3 rings (SSSR count). The quantitative estimate of drug-likeness (QED) is 0.662. The van der Waals surface area contributed by atoms with Gasteiger partial charge in [0.15, 0.2) is 0 Å². The van der Waals surface area contributed by atoms with Gasteiger partial charge in [-0.25, -0.2) is 8.42 Å². The summed E-state index contributed by atoms with van der Waals surface area (Å²) in [5.74, 6) is 0. The van der Waals surface area contributed by atoms with Crippen molar-refractivity contribution in [2.75, 3.05) is 23.7 Å². The minimum absolute atomic E-state index is 0.167. The van der Waals surface area contributed by atoms with Crippen LogP contribution in [0.4, 0.5) is 17.1 Å². The van der Waals surface area contributed by atoms with E-state index in [-0.39, 0.29) is 4.90 Å². The van der Waals surface area contributed by atoms with Gasteiger partial charge >= 0.3 is 0 Å². The van der Waals surface area contributed by atoms with Crippen LogP contribution in [0.15, 0.2) is 82.9 Å². The first-order chi connectivity index (χ1) is 12.9. The predicted octanol–water partition coefficient (Wildman–Crippen LogP) is 3.70. The Balaban J connectivity index is 1.71. The molecule has 0 radical (unpaired) electrons. The number of rotatable bonds is 6. The van der Waals surface area contributed by atoms with E-state index in [1.54, 1.807) is 36.7 Å². The van der Waals surface area contributed by atoms with E-state index in [0.29, 0.717) is 11.4 Å². The molecule has 1 aromatic heterocycles. The highest BCUT2D eigenvalue weighted by molar-refractivity contribution is 7.92. The SMILES string of the molecule is CN(C)c1ccc(C=Nc2ccc(S(=O)(=O)Nc3cccnc3)cc2)cc1. The largest absolute Gasteiger partial charge is 0.378 e. The summed E-state index contributed by atoms with van der Waals surface area (Å²) in [4.78, 5) is 10.5. The zero-order valence-corrected chi connectivity index (χ0v) is 15.9. The number of nitrogens with one attached hydrogen (secondary N) is 1. The van der Waals surface area contributed by atoms with Crippen LogP contribution >= 0.6 is 0 Å². The lowest BCUT2D eigenvalue weighted by molar-refractivity contribution is 0.601. The first kappa shape index (κ1) is 18.6. The molecule has 0 saturated carbocycles. The number of hydrogen-bond acceptors (Lipinski definition) is 5. The fourth-order valence-electron chi connectivity index (χ4n) is 2.36. The number of nitrogens with zero attached hydrogens (tertiary/aromatic N) is 3. The molecule has 1 heterocycles. The van der Waals surface area contributed by atoms with Crippen molar-refractivity contribution in [3.63, 3.8) is 0 Å². The molecule has 0 bridgehead atoms. The molecular weight excluding hydrogens is 360 g/mol. The minimum Gasteiger partial charge on any atom is -0.378 e. The summed E-state index contributed by atoms with van der Waals surface area (Å²) in [5, 5.41) is 0. The maximum absolute atomic E-state index is 12.4. The van der Waals surface area contributed by atoms with Gasteiger partial charge < -0.3 is 4.90 Å². The normalized spacial score (nSPS) is 11.5. The van der Waals surface area contributed by atoms with E-state index in [0.717, 1.165) is 11.3 Å². The number of benzene rings is 2. The highest BCUT2D eigenvalue weighted by Gasteiger charge is 2.13. The standard InChI is InChI=1S/C20H20N4O2S/c1-24(2)19-9-5-16(6-10-19)14-22-17-7-11-20(12-8-17)27(25,26)23-18-4-3-13-21-15-18/h3-15,23H,1-2H3. The first-order valence-corrected chi connectivity index (χ1v) is 9.77. The average molecular weight is 380 g/mol. The molecule has 0 spiro atoms. The zero-order valence-electron chi connectivity index (χ0n) is 15.1. The third kappa shape index (κ3) is 4.92. The lowest BCUT2D eigenvalue weighted by atomic mass is 10.2. The Morgan fingerprint density at radius 1 is 1.00 bits per heavy atom. The van der Waals surface area contributed by atoms with Crippen LogP contribution in [0.25, 0.3) is 0 Å². The zero-order chi connectivity index (χ0) is 19.3. The van der Waals surface area contributed by atoms with Gasteiger partial charge in [0.05, 0.1) is 22.5 Å². The Kier molecular flexibility index (Phi) is 5.52. The van der Waals surface area contributed by atoms with Crippen molar-refractivity contribution in [2.45, 2.75) is 4.90 Å². The van der Waals surface area contributed by atoms with Gasteiger partial charge in [-0.05, 0) is 54.1 Å². The van der Waals surface area contributed by atoms with Crippen LogP contribution in [-0.4, -0.2) is 33.7 Å². The Morgan fingerprint density at radius 2 is 1.70 bits per heavy atom. The van der Waals surface area contributed by atoms with E-state index in [4.69, 9.17) is 0 Å². The maximum atomic E-state index is 12.4. The second-order valence-corrected chi connectivity index (χ2v) is 7.77. The topological polar surface area (TPSA) is 74.7 Å². The molecule has 6 nitrogen and oxygen atoms in total. The second-order valence-electron chi connectivity index (χ2n) is 6.09. The molecule has 3 aromatic rings. The van der Waals surface area contributed by atoms with Crippen molar-refractivity contribution < 1.29 is 8.42 Å². The summed E-state index contributed by atoms with van der Waals surface area (Å²) in [6.07, 6.45) is 4.78. The number of sulfonamides is 1. The Hall–Kier alpha value is -3.19. The van der Waals surface area contributed by atoms with Gasteiger partial charge in [0, 0.05) is 32.2 Å². The molecule has 2 aromatic carbocycles. The summed E-state index contributed by atoms with van der Waals surface area (Å²) in [6.45, 7) is 0. The summed E-state index contributed by atoms with van der Waals surface area (Å²) >= 11 is 0. The highest BCUT2D eigenvalue weighted by atomic mass is 32.2. The van der Waals surface area contributed by atoms with Gasteiger partial charge in [-0.15, -0.1) is 0 Å². The van der Waals surface area contributed by atoms with Crippen molar-refractivity contribution >= 4 is 33.3 Å². The molecule has 7 heteroatoms. The van der Waals surface area contributed by atoms with Crippen molar-refractivity contribution in [1.29, 1.82) is 0 Å². The lowest BCUT2D eigenvalue weighted by Gasteiger charge is -2.11. The maximum Gasteiger partial charge on any atom is 0.261 e. The molecule has 138 valence electrons. The molecule has 0 amide bonds. The number of hydrogen-bond donors (Lipinski definition) is 1. The van der Waals surface area contributed by atoms with E-state index in [1.165, 1.54) is 18.3 Å². The summed E-state index contributed by atoms with van der Waals surface area (Å²) in [7, 11) is 0.319. The third-order valence-electron chi connectivity index (χ3n) is 3.83. The number of aromatic nitrogens is 1. The van der Waals surface area contributed by atoms with Crippen LogP contribution in [0.2, 0.25) is 0 Å². The fourth-order valence-corrected chi connectivity index (χ4v) is 3.40. The van der Waals surface area contributed by atoms with E-state index in [9.17, 15) is 8.42 Å². The van der Waals surface area contributed by atoms with Crippen molar-refractivity contribution in [3.05, 3.63) is 78.6 Å². The van der Waals surface area contributed by atoms with Crippen LogP contribution in [0.3, 0.4) is 0 Å². The van der Waals surface area contributed by atoms with Gasteiger partial charge in [-0.3, -0.25) is 14.7 Å². The molecule has 0 aliphatic heterocycles. The smallest absolute Gasteiger partial charge is 0.261 e. The first-order valence-electron chi connectivity index (χ1n) is 8.28. The molecule has 27 heavy (non-hydrogen) atoms. The fraction of sp³-hybridized carbons (Fsp3) is 0.100. The number of anilines is 2. The summed E-state index contributed by atoms with van der Waals surface area (Å²) < 4.78 is 27.3. The molecule has 0 atom stereocenters. The molecule has 1 N–H and O–H groups in total. The minimum atomic E-state index is -3.66. The predicted molar refractivity (Wildman–Crippen MR) is 110 cm³/mol. The van der Waals surface area contributed by atoms with Gasteiger partial charge in [0.2, 0.25) is 0 Å². The summed E-state index contributed by atoms with van der Waals surface area (Å²) in [6, 6.07) is 17.7. The van der Waals surface area contributed by atoms with E-state index in [1.807, 2.05) is 43.3 Å². The highest BCUT2D eigenvalue weighted by Crippen LogP contribution is 2.19. The molecule has 0 saturated heterocycles. The second kappa shape index (κ2) is 8.01. The Labute approximate surface area is 159 Å². The van der Waals surface area contributed by atoms with Gasteiger partial charge in [0.1, 0.15) is 0 Å². The van der Waals surface area contributed by atoms with E-state index < -0.39 is 10.0 Å². The van der Waals surface area contributed by atoms with Crippen molar-refractivity contribution in [3.8, 4) is 0 Å². The lowest BCUT2D eigenvalue weighted by Crippen LogP contribution is -2.12. The molecular formula is C20H20N4O2S. The monoisotopic (exact) mass is 380 g/mol. The third-order valence-corrected chi connectivity index (χ3v) is 5.23. The van der Waals surface area contributed by atoms with Crippen LogP contribution < -0.4 is 9.62 Å². The number of pyridine rings is 1. The van der Waals surface area contributed by atoms with Gasteiger partial charge in [0.25, 0.3) is 10.0 Å². The van der Waals surface area contributed by atoms with Gasteiger partial charge in [-0.2, -0.15) is 0 Å². The van der Waals surface area contributed by atoms with Crippen LogP contribution in [0.1, 0.15) is 5.56 Å². The van der Waals surface area contributed by atoms with E-state index in [2.05, 4.69) is 14.7 Å². The number of aliphatic imine (C=N–C) groups is 1. The Bertz CT molecular complexity index is 1010. The van der Waals surface area contributed by atoms with Crippen LogP contribution in [0.5, 0.6) is 0 Å². The average Bonchev–Trinajstić information content (AvgIpc) is 2.67. The van der Waals surface area contributed by atoms with Crippen molar-refractivity contribution in [2.24, 2.45) is 4.99 Å². The summed E-state index contributed by atoms with van der Waals surface area (Å²) in [5.41, 5.74) is 3.17. The van der Waals surface area contributed by atoms with E-state index >= 15 is 0 Å².